The molecule has 0 saturated carbocycles. The van der Waals surface area contributed by atoms with E-state index < -0.39 is 0 Å². The van der Waals surface area contributed by atoms with Gasteiger partial charge in [0.05, 0.1) is 21.8 Å². The first kappa shape index (κ1) is 18.3. The minimum atomic E-state index is -0.385. The Hall–Kier alpha value is -2.45. The summed E-state index contributed by atoms with van der Waals surface area (Å²) in [5, 5.41) is 5.82. The Kier molecular flexibility index (Phi) is 5.85. The van der Waals surface area contributed by atoms with Crippen molar-refractivity contribution in [3.8, 4) is 0 Å². The highest BCUT2D eigenvalue weighted by Crippen LogP contribution is 2.22. The molecule has 0 bridgehead atoms. The Labute approximate surface area is 168 Å². The zero-order valence-corrected chi connectivity index (χ0v) is 16.3. The summed E-state index contributed by atoms with van der Waals surface area (Å²) >= 11 is 8.18. The van der Waals surface area contributed by atoms with E-state index in [1.54, 1.807) is 66.9 Å². The average Bonchev–Trinajstić information content (AvgIpc) is 2.64. The number of pyridine rings is 1. The van der Waals surface area contributed by atoms with Crippen molar-refractivity contribution in [1.29, 1.82) is 0 Å². The summed E-state index contributed by atoms with van der Waals surface area (Å²) in [7, 11) is 0. The molecule has 0 aliphatic rings. The maximum absolute atomic E-state index is 12.6. The molecule has 1 heterocycles. The van der Waals surface area contributed by atoms with Gasteiger partial charge >= 0.3 is 0 Å². The lowest BCUT2D eigenvalue weighted by atomic mass is 10.1. The zero-order chi connectivity index (χ0) is 18.5. The number of rotatable bonds is 4. The predicted molar refractivity (Wildman–Crippen MR) is 111 cm³/mol. The van der Waals surface area contributed by atoms with Gasteiger partial charge in [-0.15, -0.1) is 0 Å². The number of halogens is 2. The number of nitrogens with zero attached hydrogens (tertiary/aromatic N) is 1. The Morgan fingerprint density at radius 3 is 2.35 bits per heavy atom. The second-order valence-corrected chi connectivity index (χ2v) is 6.95. The molecule has 2 N–H and O–H groups in total. The molecule has 0 saturated heterocycles. The third-order valence-electron chi connectivity index (χ3n) is 3.50. The van der Waals surface area contributed by atoms with Crippen LogP contribution in [-0.4, -0.2) is 16.8 Å². The fourth-order valence-corrected chi connectivity index (χ4v) is 2.98. The monoisotopic (exact) mass is 477 g/mol. The van der Waals surface area contributed by atoms with Crippen LogP contribution in [0.2, 0.25) is 5.02 Å². The smallest absolute Gasteiger partial charge is 0.258 e. The first-order valence-corrected chi connectivity index (χ1v) is 9.08. The number of hydrogen-bond acceptors (Lipinski definition) is 3. The molecule has 5 nitrogen and oxygen atoms in total. The molecule has 3 aromatic rings. The Morgan fingerprint density at radius 2 is 1.62 bits per heavy atom. The average molecular weight is 478 g/mol. The second kappa shape index (κ2) is 8.29. The van der Waals surface area contributed by atoms with Crippen LogP contribution in [0.15, 0.2) is 66.9 Å². The molecule has 3 rings (SSSR count). The van der Waals surface area contributed by atoms with Crippen molar-refractivity contribution in [1.82, 2.24) is 4.98 Å². The predicted octanol–water partition coefficient (Wildman–Crippen LogP) is 4.84. The fourth-order valence-electron chi connectivity index (χ4n) is 2.27. The van der Waals surface area contributed by atoms with E-state index >= 15 is 0 Å². The first-order chi connectivity index (χ1) is 12.5. The maximum Gasteiger partial charge on any atom is 0.258 e. The molecule has 0 aliphatic carbocycles. The highest BCUT2D eigenvalue weighted by Gasteiger charge is 2.17. The van der Waals surface area contributed by atoms with Crippen LogP contribution in [-0.2, 0) is 0 Å². The first-order valence-electron chi connectivity index (χ1n) is 7.62. The van der Waals surface area contributed by atoms with E-state index in [1.807, 2.05) is 0 Å². The normalized spacial score (nSPS) is 10.2. The van der Waals surface area contributed by atoms with Gasteiger partial charge in [-0.2, -0.15) is 0 Å². The van der Waals surface area contributed by atoms with Crippen LogP contribution in [0.5, 0.6) is 0 Å². The van der Waals surface area contributed by atoms with Crippen LogP contribution >= 0.6 is 34.2 Å². The Balaban J connectivity index is 1.87. The summed E-state index contributed by atoms with van der Waals surface area (Å²) in [6.45, 7) is 0. The zero-order valence-electron chi connectivity index (χ0n) is 13.4. The lowest BCUT2D eigenvalue weighted by Gasteiger charge is -2.12. The molecule has 0 aliphatic heterocycles. The second-order valence-electron chi connectivity index (χ2n) is 5.29. The van der Waals surface area contributed by atoms with Gasteiger partial charge in [0.1, 0.15) is 5.82 Å². The number of carbonyl (C=O) groups is 2. The van der Waals surface area contributed by atoms with Gasteiger partial charge in [-0.05, 0) is 65.1 Å². The highest BCUT2D eigenvalue weighted by atomic mass is 127. The molecule has 0 radical (unpaired) electrons. The van der Waals surface area contributed by atoms with Crippen molar-refractivity contribution in [2.75, 3.05) is 10.6 Å². The lowest BCUT2D eigenvalue weighted by molar-refractivity contribution is 0.102. The molecule has 26 heavy (non-hydrogen) atoms. The molecule has 2 aromatic carbocycles. The topological polar surface area (TPSA) is 71.1 Å². The van der Waals surface area contributed by atoms with Crippen LogP contribution in [0.3, 0.4) is 0 Å². The maximum atomic E-state index is 12.6. The van der Waals surface area contributed by atoms with Gasteiger partial charge in [-0.25, -0.2) is 4.98 Å². The van der Waals surface area contributed by atoms with Crippen LogP contribution < -0.4 is 10.6 Å². The minimum Gasteiger partial charge on any atom is -0.321 e. The van der Waals surface area contributed by atoms with E-state index in [1.165, 1.54) is 0 Å². The molecule has 0 unspecified atom stereocenters. The summed E-state index contributed by atoms with van der Waals surface area (Å²) in [6, 6.07) is 17.1. The minimum absolute atomic E-state index is 0.336. The van der Waals surface area contributed by atoms with E-state index in [2.05, 4.69) is 38.2 Å². The Morgan fingerprint density at radius 1 is 0.885 bits per heavy atom. The van der Waals surface area contributed by atoms with Crippen molar-refractivity contribution in [3.63, 3.8) is 0 Å². The van der Waals surface area contributed by atoms with Crippen LogP contribution in [0, 0.1) is 3.57 Å². The molecule has 0 spiro atoms. The Bertz CT molecular complexity index is 964. The molecular formula is C19H13ClIN3O2. The number of benzene rings is 2. The summed E-state index contributed by atoms with van der Waals surface area (Å²) in [5.74, 6) is -0.319. The standard InChI is InChI=1S/C19H13ClIN3O2/c20-15-6-2-1-5-13(15)18(25)23-16-9-8-12(21)11-14(16)19(26)24-17-7-3-4-10-22-17/h1-11H,(H,23,25)(H,22,24,26). The van der Waals surface area contributed by atoms with Crippen molar-refractivity contribution in [2.24, 2.45) is 0 Å². The SMILES string of the molecule is O=C(Nc1ccc(I)cc1C(=O)Nc1ccccn1)c1ccccc1Cl. The molecular weight excluding hydrogens is 465 g/mol. The number of hydrogen-bond donors (Lipinski definition) is 2. The van der Waals surface area contributed by atoms with E-state index in [4.69, 9.17) is 11.6 Å². The number of carbonyl (C=O) groups excluding carboxylic acids is 2. The third kappa shape index (κ3) is 4.39. The number of nitrogens with one attached hydrogen (secondary N) is 2. The van der Waals surface area contributed by atoms with Gasteiger partial charge in [-0.1, -0.05) is 29.8 Å². The molecule has 7 heteroatoms. The molecule has 0 atom stereocenters. The van der Waals surface area contributed by atoms with Crippen molar-refractivity contribution in [2.45, 2.75) is 0 Å². The highest BCUT2D eigenvalue weighted by molar-refractivity contribution is 14.1. The quantitative estimate of drug-likeness (QED) is 0.528. The number of amides is 2. The van der Waals surface area contributed by atoms with Gasteiger partial charge in [0.25, 0.3) is 11.8 Å². The van der Waals surface area contributed by atoms with Gasteiger partial charge in [0, 0.05) is 9.77 Å². The lowest BCUT2D eigenvalue weighted by Crippen LogP contribution is -2.19. The van der Waals surface area contributed by atoms with E-state index in [9.17, 15) is 9.59 Å². The molecule has 130 valence electrons. The van der Waals surface area contributed by atoms with Crippen LogP contribution in [0.1, 0.15) is 20.7 Å². The van der Waals surface area contributed by atoms with Crippen molar-refractivity contribution in [3.05, 3.63) is 86.6 Å². The molecule has 2 amide bonds. The van der Waals surface area contributed by atoms with Gasteiger partial charge in [-0.3, -0.25) is 9.59 Å². The summed E-state index contributed by atoms with van der Waals surface area (Å²) < 4.78 is 0.865. The largest absolute Gasteiger partial charge is 0.321 e. The number of aromatic nitrogens is 1. The fraction of sp³-hybridized carbons (Fsp3) is 0. The molecule has 0 fully saturated rings. The summed E-state index contributed by atoms with van der Waals surface area (Å²) in [5.41, 5.74) is 1.07. The van der Waals surface area contributed by atoms with E-state index in [-0.39, 0.29) is 11.8 Å². The van der Waals surface area contributed by atoms with E-state index in [0.29, 0.717) is 27.7 Å². The van der Waals surface area contributed by atoms with Crippen LogP contribution in [0.25, 0.3) is 0 Å². The van der Waals surface area contributed by atoms with E-state index in [0.717, 1.165) is 3.57 Å². The number of anilines is 2. The van der Waals surface area contributed by atoms with Crippen molar-refractivity contribution >= 4 is 57.5 Å². The summed E-state index contributed by atoms with van der Waals surface area (Å²) in [6.07, 6.45) is 1.59. The molecule has 1 aromatic heterocycles. The van der Waals surface area contributed by atoms with Gasteiger partial charge < -0.3 is 10.6 Å². The summed E-state index contributed by atoms with van der Waals surface area (Å²) in [4.78, 5) is 29.2. The third-order valence-corrected chi connectivity index (χ3v) is 4.50. The van der Waals surface area contributed by atoms with Gasteiger partial charge in [0.2, 0.25) is 0 Å². The van der Waals surface area contributed by atoms with Crippen molar-refractivity contribution < 1.29 is 9.59 Å². The van der Waals surface area contributed by atoms with Gasteiger partial charge in [0.15, 0.2) is 0 Å². The van der Waals surface area contributed by atoms with Crippen LogP contribution in [0.4, 0.5) is 11.5 Å².